The Bertz CT molecular complexity index is 92.9. The molecule has 0 bridgehead atoms. The van der Waals surface area contributed by atoms with Crippen LogP contribution >= 0.6 is 19.8 Å². The number of hydrogen-bond acceptors (Lipinski definition) is 1. The van der Waals surface area contributed by atoms with Gasteiger partial charge in [0.25, 0.3) is 0 Å². The fourth-order valence-corrected chi connectivity index (χ4v) is 4.13. The van der Waals surface area contributed by atoms with E-state index in [0.717, 1.165) is 9.97 Å². The number of alkyl halides is 3. The standard InChI is InChI=1S/C7H16IN/c1-6-4-7(5-9-6)8(2)3/h6-7,9H,4-5H2,1-3H3/t6-,7?/m0/s1. The summed E-state index contributed by atoms with van der Waals surface area (Å²) < 4.78 is 1.09. The van der Waals surface area contributed by atoms with Gasteiger partial charge in [0.1, 0.15) is 0 Å². The fourth-order valence-electron chi connectivity index (χ4n) is 1.21. The Morgan fingerprint density at radius 1 is 1.44 bits per heavy atom. The topological polar surface area (TPSA) is 12.0 Å². The second-order valence-corrected chi connectivity index (χ2v) is 9.37. The molecule has 1 aliphatic rings. The Hall–Kier alpha value is 0.690. The van der Waals surface area contributed by atoms with E-state index in [1.165, 1.54) is 13.0 Å². The molecule has 1 saturated heterocycles. The molecule has 1 rings (SSSR count). The molecule has 1 unspecified atom stereocenters. The fraction of sp³-hybridized carbons (Fsp3) is 1.00. The van der Waals surface area contributed by atoms with E-state index in [-0.39, 0.29) is 0 Å². The van der Waals surface area contributed by atoms with E-state index in [2.05, 4.69) is 22.1 Å². The third-order valence-corrected chi connectivity index (χ3v) is 6.39. The van der Waals surface area contributed by atoms with Crippen molar-refractivity contribution in [3.05, 3.63) is 0 Å². The van der Waals surface area contributed by atoms with Crippen molar-refractivity contribution in [3.8, 4) is 0 Å². The van der Waals surface area contributed by atoms with E-state index in [1.807, 2.05) is 0 Å². The first kappa shape index (κ1) is 7.79. The molecule has 2 atom stereocenters. The molecule has 1 aliphatic heterocycles. The Morgan fingerprint density at radius 3 is 2.33 bits per heavy atom. The van der Waals surface area contributed by atoms with Crippen LogP contribution in [0, 0.1) is 0 Å². The van der Waals surface area contributed by atoms with Crippen LogP contribution in [0.4, 0.5) is 0 Å². The van der Waals surface area contributed by atoms with Crippen molar-refractivity contribution >= 4 is 19.8 Å². The summed E-state index contributed by atoms with van der Waals surface area (Å²) in [6, 6.07) is 0.801. The van der Waals surface area contributed by atoms with Gasteiger partial charge in [0, 0.05) is 0 Å². The summed E-state index contributed by atoms with van der Waals surface area (Å²) in [6.45, 7) is 3.60. The van der Waals surface area contributed by atoms with Gasteiger partial charge < -0.3 is 0 Å². The van der Waals surface area contributed by atoms with E-state index in [9.17, 15) is 0 Å². The molecule has 1 nitrogen and oxygen atoms in total. The molecule has 1 heterocycles. The number of hydrogen-bond donors (Lipinski definition) is 1. The first-order valence-electron chi connectivity index (χ1n) is 3.42. The minimum absolute atomic E-state index is 0.476. The zero-order chi connectivity index (χ0) is 6.85. The van der Waals surface area contributed by atoms with Gasteiger partial charge in [0.15, 0.2) is 0 Å². The third-order valence-electron chi connectivity index (χ3n) is 1.91. The van der Waals surface area contributed by atoms with Crippen LogP contribution in [0.5, 0.6) is 0 Å². The van der Waals surface area contributed by atoms with Crippen LogP contribution in [0.2, 0.25) is 0 Å². The minimum atomic E-state index is -0.476. The molecular formula is C7H16IN. The first-order valence-corrected chi connectivity index (χ1v) is 8.98. The molecule has 0 aromatic heterocycles. The van der Waals surface area contributed by atoms with Crippen LogP contribution in [-0.4, -0.2) is 26.4 Å². The summed E-state index contributed by atoms with van der Waals surface area (Å²) in [5.74, 6) is 0. The molecule has 0 saturated carbocycles. The van der Waals surface area contributed by atoms with E-state index in [1.54, 1.807) is 0 Å². The van der Waals surface area contributed by atoms with Gasteiger partial charge in [-0.25, -0.2) is 0 Å². The van der Waals surface area contributed by atoms with Crippen LogP contribution in [0.1, 0.15) is 13.3 Å². The predicted octanol–water partition coefficient (Wildman–Crippen LogP) is 1.50. The Morgan fingerprint density at radius 2 is 2.11 bits per heavy atom. The Balaban J connectivity index is 2.30. The molecule has 0 spiro atoms. The number of nitrogens with one attached hydrogen (secondary N) is 1. The van der Waals surface area contributed by atoms with E-state index in [0.29, 0.717) is 0 Å². The number of halogens is 1. The van der Waals surface area contributed by atoms with Crippen LogP contribution in [0.25, 0.3) is 0 Å². The molecule has 0 amide bonds. The van der Waals surface area contributed by atoms with Gasteiger partial charge in [-0.15, -0.1) is 0 Å². The summed E-state index contributed by atoms with van der Waals surface area (Å²) in [4.78, 5) is 4.93. The predicted molar refractivity (Wildman–Crippen MR) is 51.7 cm³/mol. The monoisotopic (exact) mass is 241 g/mol. The van der Waals surface area contributed by atoms with Gasteiger partial charge in [-0.2, -0.15) is 0 Å². The zero-order valence-electron chi connectivity index (χ0n) is 6.45. The first-order chi connectivity index (χ1) is 4.20. The quantitative estimate of drug-likeness (QED) is 0.542. The maximum atomic E-state index is 3.49. The molecule has 0 aliphatic carbocycles. The molecule has 9 heavy (non-hydrogen) atoms. The van der Waals surface area contributed by atoms with Gasteiger partial charge in [0.05, 0.1) is 0 Å². The van der Waals surface area contributed by atoms with Gasteiger partial charge in [0.2, 0.25) is 0 Å². The summed E-state index contributed by atoms with van der Waals surface area (Å²) in [5.41, 5.74) is 0. The van der Waals surface area contributed by atoms with Crippen molar-refractivity contribution < 1.29 is 0 Å². The molecule has 0 aromatic rings. The van der Waals surface area contributed by atoms with E-state index < -0.39 is 19.8 Å². The number of rotatable bonds is 1. The Labute approximate surface area is 65.0 Å². The van der Waals surface area contributed by atoms with Crippen molar-refractivity contribution in [2.24, 2.45) is 0 Å². The summed E-state index contributed by atoms with van der Waals surface area (Å²) in [7, 11) is 0. The van der Waals surface area contributed by atoms with Crippen molar-refractivity contribution in [1.29, 1.82) is 0 Å². The summed E-state index contributed by atoms with van der Waals surface area (Å²) in [6.07, 6.45) is 1.44. The van der Waals surface area contributed by atoms with Crippen LogP contribution in [0.3, 0.4) is 0 Å². The van der Waals surface area contributed by atoms with Crippen LogP contribution in [0.15, 0.2) is 0 Å². The molecule has 0 aromatic carbocycles. The average molecular weight is 241 g/mol. The second-order valence-electron chi connectivity index (χ2n) is 2.96. The maximum absolute atomic E-state index is 3.49. The summed E-state index contributed by atoms with van der Waals surface area (Å²) >= 11 is -0.476. The van der Waals surface area contributed by atoms with Gasteiger partial charge >= 0.3 is 64.9 Å². The zero-order valence-corrected chi connectivity index (χ0v) is 8.60. The molecule has 2 heteroatoms. The van der Waals surface area contributed by atoms with Crippen LogP contribution in [-0.2, 0) is 0 Å². The van der Waals surface area contributed by atoms with Gasteiger partial charge in [-0.05, 0) is 0 Å². The molecular weight excluding hydrogens is 225 g/mol. The molecule has 56 valence electrons. The molecule has 1 N–H and O–H groups in total. The Kier molecular flexibility index (Phi) is 2.76. The SMILES string of the molecule is C[C@H]1CC(I(C)C)CN1. The van der Waals surface area contributed by atoms with Crippen molar-refractivity contribution in [3.63, 3.8) is 0 Å². The van der Waals surface area contributed by atoms with Crippen molar-refractivity contribution in [2.75, 3.05) is 16.4 Å². The molecule has 1 fully saturated rings. The normalized spacial score (nSPS) is 37.0. The van der Waals surface area contributed by atoms with Gasteiger partial charge in [-0.1, -0.05) is 0 Å². The summed E-state index contributed by atoms with van der Waals surface area (Å²) in [5, 5.41) is 3.49. The average Bonchev–Trinajstić information content (AvgIpc) is 2.14. The van der Waals surface area contributed by atoms with Crippen molar-refractivity contribution in [1.82, 2.24) is 5.32 Å². The van der Waals surface area contributed by atoms with Crippen molar-refractivity contribution in [2.45, 2.75) is 23.3 Å². The van der Waals surface area contributed by atoms with E-state index in [4.69, 9.17) is 0 Å². The van der Waals surface area contributed by atoms with E-state index >= 15 is 0 Å². The third kappa shape index (κ3) is 2.08. The second kappa shape index (κ2) is 3.19. The molecule has 0 radical (unpaired) electrons. The van der Waals surface area contributed by atoms with Crippen LogP contribution < -0.4 is 5.32 Å². The van der Waals surface area contributed by atoms with Gasteiger partial charge in [-0.3, -0.25) is 0 Å².